The third kappa shape index (κ3) is 2.48. The number of hydrogen-bond acceptors (Lipinski definition) is 2. The average molecular weight is 202 g/mol. The van der Waals surface area contributed by atoms with Gasteiger partial charge in [0.05, 0.1) is 23.9 Å². The maximum atomic E-state index is 13.5. The Bertz CT molecular complexity index is 426. The standard InChI is InChI=1S/C12H11FN2/c1-3-7-15(4-2)12-6-5-10(9-14)8-11(12)13/h1,5-6,8H,4,7H2,2H3. The van der Waals surface area contributed by atoms with E-state index in [1.54, 1.807) is 17.0 Å². The van der Waals surface area contributed by atoms with Crippen LogP contribution in [0.2, 0.25) is 0 Å². The minimum atomic E-state index is -0.411. The summed E-state index contributed by atoms with van der Waals surface area (Å²) in [6.07, 6.45) is 5.18. The molecule has 0 aliphatic rings. The lowest BCUT2D eigenvalue weighted by Gasteiger charge is -2.20. The highest BCUT2D eigenvalue weighted by atomic mass is 19.1. The second-order valence-electron chi connectivity index (χ2n) is 3.00. The number of terminal acetylenes is 1. The first-order valence-corrected chi connectivity index (χ1v) is 4.61. The Morgan fingerprint density at radius 2 is 2.27 bits per heavy atom. The highest BCUT2D eigenvalue weighted by Crippen LogP contribution is 2.19. The van der Waals surface area contributed by atoms with Crippen molar-refractivity contribution in [2.45, 2.75) is 6.92 Å². The van der Waals surface area contributed by atoms with Crippen LogP contribution >= 0.6 is 0 Å². The molecule has 0 aliphatic carbocycles. The van der Waals surface area contributed by atoms with Crippen molar-refractivity contribution in [2.24, 2.45) is 0 Å². The van der Waals surface area contributed by atoms with Crippen molar-refractivity contribution in [1.82, 2.24) is 0 Å². The largest absolute Gasteiger partial charge is 0.358 e. The Kier molecular flexibility index (Phi) is 3.71. The maximum Gasteiger partial charge on any atom is 0.147 e. The van der Waals surface area contributed by atoms with Crippen LogP contribution in [0.1, 0.15) is 12.5 Å². The monoisotopic (exact) mass is 202 g/mol. The van der Waals surface area contributed by atoms with Crippen molar-refractivity contribution in [2.75, 3.05) is 18.0 Å². The molecule has 0 heterocycles. The Morgan fingerprint density at radius 1 is 1.53 bits per heavy atom. The second-order valence-corrected chi connectivity index (χ2v) is 3.00. The minimum absolute atomic E-state index is 0.313. The van der Waals surface area contributed by atoms with Crippen molar-refractivity contribution in [3.63, 3.8) is 0 Å². The summed E-state index contributed by atoms with van der Waals surface area (Å²) in [6, 6.07) is 6.26. The van der Waals surface area contributed by atoms with E-state index in [4.69, 9.17) is 11.7 Å². The van der Waals surface area contributed by atoms with Gasteiger partial charge in [-0.2, -0.15) is 5.26 Å². The van der Waals surface area contributed by atoms with Crippen LogP contribution in [0, 0.1) is 29.5 Å². The molecule has 0 radical (unpaired) electrons. The molecular formula is C12H11FN2. The molecule has 0 unspecified atom stereocenters. The zero-order chi connectivity index (χ0) is 11.3. The predicted octanol–water partition coefficient (Wildman–Crippen LogP) is 2.16. The zero-order valence-electron chi connectivity index (χ0n) is 8.50. The molecule has 3 heteroatoms. The van der Waals surface area contributed by atoms with Gasteiger partial charge in [0, 0.05) is 6.54 Å². The fraction of sp³-hybridized carbons (Fsp3) is 0.250. The smallest absolute Gasteiger partial charge is 0.147 e. The lowest BCUT2D eigenvalue weighted by molar-refractivity contribution is 0.621. The number of anilines is 1. The van der Waals surface area contributed by atoms with Gasteiger partial charge in [0.25, 0.3) is 0 Å². The predicted molar refractivity (Wildman–Crippen MR) is 57.8 cm³/mol. The Labute approximate surface area is 88.9 Å². The summed E-state index contributed by atoms with van der Waals surface area (Å²) in [7, 11) is 0. The van der Waals surface area contributed by atoms with E-state index in [-0.39, 0.29) is 0 Å². The van der Waals surface area contributed by atoms with Crippen molar-refractivity contribution >= 4 is 5.69 Å². The Balaban J connectivity index is 3.05. The lowest BCUT2D eigenvalue weighted by atomic mass is 10.2. The molecule has 1 aromatic carbocycles. The fourth-order valence-electron chi connectivity index (χ4n) is 1.31. The summed E-state index contributed by atoms with van der Waals surface area (Å²) in [6.45, 7) is 2.89. The first-order valence-electron chi connectivity index (χ1n) is 4.61. The summed E-state index contributed by atoms with van der Waals surface area (Å²) >= 11 is 0. The molecule has 76 valence electrons. The third-order valence-electron chi connectivity index (χ3n) is 2.08. The third-order valence-corrected chi connectivity index (χ3v) is 2.08. The van der Waals surface area contributed by atoms with Crippen LogP contribution in [0.3, 0.4) is 0 Å². The number of benzene rings is 1. The number of nitriles is 1. The minimum Gasteiger partial charge on any atom is -0.358 e. The number of halogens is 1. The van der Waals surface area contributed by atoms with Crippen molar-refractivity contribution in [3.05, 3.63) is 29.6 Å². The van der Waals surface area contributed by atoms with E-state index in [1.807, 2.05) is 13.0 Å². The quantitative estimate of drug-likeness (QED) is 0.702. The number of rotatable bonds is 3. The highest BCUT2D eigenvalue weighted by Gasteiger charge is 2.09. The molecule has 0 aliphatic heterocycles. The zero-order valence-corrected chi connectivity index (χ0v) is 8.50. The van der Waals surface area contributed by atoms with Gasteiger partial charge in [-0.15, -0.1) is 6.42 Å². The molecule has 15 heavy (non-hydrogen) atoms. The molecule has 0 amide bonds. The molecule has 1 aromatic rings. The number of hydrogen-bond donors (Lipinski definition) is 0. The van der Waals surface area contributed by atoms with Crippen molar-refractivity contribution in [3.8, 4) is 18.4 Å². The molecule has 0 saturated carbocycles. The molecule has 0 spiro atoms. The number of nitrogens with zero attached hydrogens (tertiary/aromatic N) is 2. The summed E-state index contributed by atoms with van der Waals surface area (Å²) in [5, 5.41) is 8.59. The summed E-state index contributed by atoms with van der Waals surface area (Å²) in [5.41, 5.74) is 0.752. The van der Waals surface area contributed by atoms with Crippen LogP contribution in [0.15, 0.2) is 18.2 Å². The topological polar surface area (TPSA) is 27.0 Å². The molecule has 0 atom stereocenters. The first kappa shape index (κ1) is 11.1. The van der Waals surface area contributed by atoms with E-state index in [9.17, 15) is 4.39 Å². The molecular weight excluding hydrogens is 191 g/mol. The van der Waals surface area contributed by atoms with Crippen LogP contribution in [0.4, 0.5) is 10.1 Å². The molecule has 1 rings (SSSR count). The summed E-state index contributed by atoms with van der Waals surface area (Å²) in [4.78, 5) is 1.73. The van der Waals surface area contributed by atoms with E-state index in [2.05, 4.69) is 5.92 Å². The van der Waals surface area contributed by atoms with E-state index in [0.717, 1.165) is 0 Å². The van der Waals surface area contributed by atoms with Crippen LogP contribution < -0.4 is 4.90 Å². The average Bonchev–Trinajstić information content (AvgIpc) is 2.26. The molecule has 0 saturated heterocycles. The Morgan fingerprint density at radius 3 is 2.73 bits per heavy atom. The van der Waals surface area contributed by atoms with Crippen LogP contribution in [-0.2, 0) is 0 Å². The maximum absolute atomic E-state index is 13.5. The van der Waals surface area contributed by atoms with E-state index in [1.165, 1.54) is 6.07 Å². The molecule has 0 N–H and O–H groups in total. The van der Waals surface area contributed by atoms with E-state index < -0.39 is 5.82 Å². The Hall–Kier alpha value is -2.00. The van der Waals surface area contributed by atoms with Gasteiger partial charge in [-0.1, -0.05) is 5.92 Å². The van der Waals surface area contributed by atoms with E-state index >= 15 is 0 Å². The molecule has 0 fully saturated rings. The van der Waals surface area contributed by atoms with Gasteiger partial charge in [0.15, 0.2) is 0 Å². The molecule has 0 bridgehead atoms. The van der Waals surface area contributed by atoms with Crippen LogP contribution in [-0.4, -0.2) is 13.1 Å². The van der Waals surface area contributed by atoms with Gasteiger partial charge in [-0.25, -0.2) is 4.39 Å². The lowest BCUT2D eigenvalue weighted by Crippen LogP contribution is -2.23. The van der Waals surface area contributed by atoms with E-state index in [0.29, 0.717) is 24.3 Å². The van der Waals surface area contributed by atoms with Gasteiger partial charge in [0.2, 0.25) is 0 Å². The molecule has 0 aromatic heterocycles. The fourth-order valence-corrected chi connectivity index (χ4v) is 1.31. The van der Waals surface area contributed by atoms with Crippen LogP contribution in [0.25, 0.3) is 0 Å². The van der Waals surface area contributed by atoms with Gasteiger partial charge in [-0.3, -0.25) is 0 Å². The molecule has 2 nitrogen and oxygen atoms in total. The second kappa shape index (κ2) is 5.02. The van der Waals surface area contributed by atoms with Crippen molar-refractivity contribution in [1.29, 1.82) is 5.26 Å². The van der Waals surface area contributed by atoms with Crippen LogP contribution in [0.5, 0.6) is 0 Å². The van der Waals surface area contributed by atoms with Gasteiger partial charge in [-0.05, 0) is 25.1 Å². The van der Waals surface area contributed by atoms with Crippen molar-refractivity contribution < 1.29 is 4.39 Å². The van der Waals surface area contributed by atoms with Gasteiger partial charge >= 0.3 is 0 Å². The van der Waals surface area contributed by atoms with Gasteiger partial charge in [0.1, 0.15) is 5.82 Å². The summed E-state index contributed by atoms with van der Waals surface area (Å²) < 4.78 is 13.5. The summed E-state index contributed by atoms with van der Waals surface area (Å²) in [5.74, 6) is 2.06. The van der Waals surface area contributed by atoms with Gasteiger partial charge < -0.3 is 4.90 Å². The first-order chi connectivity index (χ1) is 7.22. The highest BCUT2D eigenvalue weighted by molar-refractivity contribution is 5.51. The SMILES string of the molecule is C#CCN(CC)c1ccc(C#N)cc1F. The normalized spacial score (nSPS) is 9.07.